The van der Waals surface area contributed by atoms with Crippen molar-refractivity contribution in [1.82, 2.24) is 39.0 Å². The fourth-order valence-electron chi connectivity index (χ4n) is 8.41. The van der Waals surface area contributed by atoms with Gasteiger partial charge in [0.25, 0.3) is 0 Å². The second-order valence-corrected chi connectivity index (χ2v) is 14.7. The first-order valence-corrected chi connectivity index (χ1v) is 19.2. The number of hydrogen-bond donors (Lipinski definition) is 0. The minimum Gasteiger partial charge on any atom is -0.307 e. The van der Waals surface area contributed by atoms with Crippen LogP contribution in [0.5, 0.6) is 0 Å². The van der Waals surface area contributed by atoms with E-state index in [0.29, 0.717) is 62.8 Å². The molecule has 0 saturated carbocycles. The minimum atomic E-state index is 0.327. The molecule has 0 aliphatic heterocycles. The van der Waals surface area contributed by atoms with E-state index in [1.807, 2.05) is 76.2 Å². The number of hydrogen-bond acceptors (Lipinski definition) is 9. The summed E-state index contributed by atoms with van der Waals surface area (Å²) in [6, 6.07) is 44.7. The predicted molar refractivity (Wildman–Crippen MR) is 231 cm³/mol. The van der Waals surface area contributed by atoms with Gasteiger partial charge in [0.2, 0.25) is 0 Å². The van der Waals surface area contributed by atoms with Gasteiger partial charge in [0.1, 0.15) is 23.3 Å². The Morgan fingerprint density at radius 1 is 0.400 bits per heavy atom. The van der Waals surface area contributed by atoms with Gasteiger partial charge in [-0.25, -0.2) is 29.9 Å². The molecule has 0 fully saturated rings. The number of fused-ring (bicyclic) bond motifs is 6. The Balaban J connectivity index is 1.32. The van der Waals surface area contributed by atoms with Crippen LogP contribution in [0.2, 0.25) is 0 Å². The molecule has 0 aliphatic rings. The van der Waals surface area contributed by atoms with Crippen LogP contribution in [0.4, 0.5) is 0 Å². The molecule has 4 heterocycles. The molecule has 0 amide bonds. The maximum atomic E-state index is 10.9. The molecule has 0 bridgehead atoms. The van der Waals surface area contributed by atoms with Gasteiger partial charge in [0.15, 0.2) is 11.6 Å². The topological polar surface area (TPSA) is 159 Å². The van der Waals surface area contributed by atoms with Crippen LogP contribution in [0, 0.1) is 61.7 Å². The van der Waals surface area contributed by atoms with E-state index in [1.165, 1.54) is 0 Å². The van der Waals surface area contributed by atoms with Crippen molar-refractivity contribution in [2.24, 2.45) is 0 Å². The molecule has 0 radical (unpaired) electrons. The third kappa shape index (κ3) is 5.79. The number of rotatable bonds is 5. The van der Waals surface area contributed by atoms with Gasteiger partial charge in [0, 0.05) is 38.2 Å². The molecule has 60 heavy (non-hydrogen) atoms. The number of benzene rings is 6. The molecule has 6 aromatic carbocycles. The molecular weight excluding hydrogens is 743 g/mol. The summed E-state index contributed by atoms with van der Waals surface area (Å²) in [5.74, 6) is 3.77. The van der Waals surface area contributed by atoms with Gasteiger partial charge in [-0.2, -0.15) is 15.8 Å². The number of aryl methyl sites for hydroxylation is 4. The molecule has 282 valence electrons. The minimum absolute atomic E-state index is 0.327. The fraction of sp³-hybridized carbons (Fsp3) is 0.0816. The second kappa shape index (κ2) is 13.8. The van der Waals surface area contributed by atoms with E-state index in [9.17, 15) is 15.8 Å². The summed E-state index contributed by atoms with van der Waals surface area (Å²) in [6.07, 6.45) is 0. The third-order valence-electron chi connectivity index (χ3n) is 10.8. The highest BCUT2D eigenvalue weighted by Gasteiger charge is 2.24. The summed E-state index contributed by atoms with van der Waals surface area (Å²) in [5, 5.41) is 34.8. The maximum absolute atomic E-state index is 10.9. The van der Waals surface area contributed by atoms with E-state index < -0.39 is 0 Å². The summed E-state index contributed by atoms with van der Waals surface area (Å²) in [6.45, 7) is 7.45. The smallest absolute Gasteiger partial charge is 0.163 e. The van der Waals surface area contributed by atoms with Gasteiger partial charge >= 0.3 is 0 Å². The third-order valence-corrected chi connectivity index (χ3v) is 10.8. The van der Waals surface area contributed by atoms with Crippen LogP contribution in [0.3, 0.4) is 0 Å². The second-order valence-electron chi connectivity index (χ2n) is 14.7. The quantitative estimate of drug-likeness (QED) is 0.166. The Bertz CT molecular complexity index is 3520. The Morgan fingerprint density at radius 2 is 0.833 bits per heavy atom. The lowest BCUT2D eigenvalue weighted by molar-refractivity contribution is 0.928. The highest BCUT2D eigenvalue weighted by molar-refractivity contribution is 6.13. The van der Waals surface area contributed by atoms with Gasteiger partial charge in [0.05, 0.1) is 68.3 Å². The summed E-state index contributed by atoms with van der Waals surface area (Å²) in [4.78, 5) is 27.4. The largest absolute Gasteiger partial charge is 0.307 e. The average Bonchev–Trinajstić information content (AvgIpc) is 3.77. The van der Waals surface area contributed by atoms with E-state index in [1.54, 1.807) is 18.2 Å². The van der Waals surface area contributed by atoms with E-state index in [-0.39, 0.29) is 0 Å². The van der Waals surface area contributed by atoms with E-state index >= 15 is 0 Å². The summed E-state index contributed by atoms with van der Waals surface area (Å²) in [5.41, 5.74) is 9.20. The Morgan fingerprint density at radius 3 is 1.28 bits per heavy atom. The van der Waals surface area contributed by atoms with Crippen LogP contribution in [0.1, 0.15) is 40.0 Å². The molecule has 10 aromatic rings. The van der Waals surface area contributed by atoms with Crippen LogP contribution >= 0.6 is 0 Å². The van der Waals surface area contributed by atoms with Gasteiger partial charge in [-0.3, -0.25) is 0 Å². The van der Waals surface area contributed by atoms with Crippen LogP contribution in [-0.2, 0) is 0 Å². The monoisotopic (exact) mass is 773 g/mol. The molecule has 0 aliphatic carbocycles. The highest BCUT2D eigenvalue weighted by atomic mass is 15.1. The lowest BCUT2D eigenvalue weighted by Gasteiger charge is -2.20. The van der Waals surface area contributed by atoms with Crippen molar-refractivity contribution in [1.29, 1.82) is 15.8 Å². The van der Waals surface area contributed by atoms with Gasteiger partial charge in [-0.05, 0) is 112 Å². The molecule has 0 atom stereocenters. The molecule has 0 saturated heterocycles. The predicted octanol–water partition coefficient (Wildman–Crippen LogP) is 10.1. The van der Waals surface area contributed by atoms with Crippen LogP contribution in [0.15, 0.2) is 115 Å². The van der Waals surface area contributed by atoms with E-state index in [4.69, 9.17) is 0 Å². The number of para-hydroxylation sites is 2. The lowest BCUT2D eigenvalue weighted by Crippen LogP contribution is -2.06. The first kappa shape index (κ1) is 35.8. The number of nitrogens with zero attached hydrogens (tertiary/aromatic N) is 11. The zero-order valence-corrected chi connectivity index (χ0v) is 32.9. The van der Waals surface area contributed by atoms with Crippen molar-refractivity contribution in [3.63, 3.8) is 0 Å². The SMILES string of the molecule is Cc1nc(C)nc(-c2ccc3c(c2)c2ccccc2n3-c2cc(C#N)c(-c3cc(C#N)cc(C#N)c3)cc2-n2c3ccccc3c3cc(-c4nc(C)nc(C)n4)ccc32)n1. The molecule has 0 N–H and O–H groups in total. The maximum Gasteiger partial charge on any atom is 0.163 e. The van der Waals surface area contributed by atoms with Crippen LogP contribution < -0.4 is 0 Å². The molecule has 0 spiro atoms. The Kier molecular flexibility index (Phi) is 8.24. The summed E-state index contributed by atoms with van der Waals surface area (Å²) < 4.78 is 4.43. The first-order chi connectivity index (χ1) is 29.2. The standard InChI is InChI=1S/C49H31N11/c1-27-53-28(2)56-48(55-27)33-13-15-44-40(20-33)37-9-5-7-11-42(37)59(44)46-22-36(26-52)39(35-18-31(24-50)17-32(19-35)25-51)23-47(46)60-43-12-8-6-10-38(43)41-21-34(14-16-45(41)60)49-57-29(3)54-30(4)58-49/h5-23H,1-4H3. The summed E-state index contributed by atoms with van der Waals surface area (Å²) in [7, 11) is 0. The molecule has 4 aromatic heterocycles. The van der Waals surface area contributed by atoms with Crippen molar-refractivity contribution in [3.8, 4) is 63.5 Å². The van der Waals surface area contributed by atoms with Crippen molar-refractivity contribution >= 4 is 43.6 Å². The Labute approximate surface area is 343 Å². The fourth-order valence-corrected chi connectivity index (χ4v) is 8.41. The van der Waals surface area contributed by atoms with Gasteiger partial charge in [-0.1, -0.05) is 36.4 Å². The van der Waals surface area contributed by atoms with Crippen LogP contribution in [0.25, 0.3) is 88.9 Å². The van der Waals surface area contributed by atoms with Gasteiger partial charge in [-0.15, -0.1) is 0 Å². The van der Waals surface area contributed by atoms with E-state index in [0.717, 1.165) is 66.1 Å². The average molecular weight is 774 g/mol. The molecular formula is C49H31N11. The molecule has 11 nitrogen and oxygen atoms in total. The van der Waals surface area contributed by atoms with Crippen molar-refractivity contribution in [2.45, 2.75) is 27.7 Å². The molecule has 11 heteroatoms. The molecule has 0 unspecified atom stereocenters. The zero-order valence-electron chi connectivity index (χ0n) is 32.9. The molecule has 10 rings (SSSR count). The highest BCUT2D eigenvalue weighted by Crippen LogP contribution is 2.42. The summed E-state index contributed by atoms with van der Waals surface area (Å²) >= 11 is 0. The van der Waals surface area contributed by atoms with Crippen molar-refractivity contribution in [3.05, 3.63) is 155 Å². The van der Waals surface area contributed by atoms with Crippen molar-refractivity contribution in [2.75, 3.05) is 0 Å². The first-order valence-electron chi connectivity index (χ1n) is 19.2. The number of nitriles is 3. The zero-order chi connectivity index (χ0) is 41.2. The van der Waals surface area contributed by atoms with Crippen LogP contribution in [-0.4, -0.2) is 39.0 Å². The number of aromatic nitrogens is 8. The lowest BCUT2D eigenvalue weighted by atomic mass is 9.95. The normalized spacial score (nSPS) is 11.3. The van der Waals surface area contributed by atoms with Crippen molar-refractivity contribution < 1.29 is 0 Å². The Hall–Kier alpha value is -8.59. The van der Waals surface area contributed by atoms with Gasteiger partial charge < -0.3 is 9.13 Å². The van der Waals surface area contributed by atoms with E-state index in [2.05, 4.69) is 106 Å².